The lowest BCUT2D eigenvalue weighted by Crippen LogP contribution is -2.06. The highest BCUT2D eigenvalue weighted by molar-refractivity contribution is 6.31. The number of alkyl halides is 3. The fourth-order valence-electron chi connectivity index (χ4n) is 3.17. The van der Waals surface area contributed by atoms with Crippen molar-refractivity contribution in [1.82, 2.24) is 14.8 Å². The molecule has 0 saturated heterocycles. The first kappa shape index (κ1) is 27.1. The summed E-state index contributed by atoms with van der Waals surface area (Å²) >= 11 is 6.00. The van der Waals surface area contributed by atoms with Crippen molar-refractivity contribution < 1.29 is 42.0 Å². The van der Waals surface area contributed by atoms with Gasteiger partial charge in [0.05, 0.1) is 18.6 Å². The van der Waals surface area contributed by atoms with Gasteiger partial charge in [-0.1, -0.05) is 17.7 Å². The van der Waals surface area contributed by atoms with Gasteiger partial charge in [0.25, 0.3) is 0 Å². The zero-order valence-corrected chi connectivity index (χ0v) is 20.1. The van der Waals surface area contributed by atoms with Crippen LogP contribution < -0.4 is 14.2 Å². The summed E-state index contributed by atoms with van der Waals surface area (Å²) in [6.07, 6.45) is -1.65. The second-order valence-electron chi connectivity index (χ2n) is 7.59. The number of aromatic nitrogens is 3. The minimum atomic E-state index is -4.59. The van der Waals surface area contributed by atoms with Crippen molar-refractivity contribution in [1.29, 1.82) is 0 Å². The number of benzene rings is 1. The van der Waals surface area contributed by atoms with E-state index in [1.54, 1.807) is 31.4 Å². The number of carboxylic acid groups (broad SMARTS) is 1. The monoisotopic (exact) mass is 529 g/mol. The largest absolute Gasteiger partial charge is 0.481 e. The van der Waals surface area contributed by atoms with E-state index in [2.05, 4.69) is 10.1 Å². The van der Waals surface area contributed by atoms with Gasteiger partial charge in [-0.3, -0.25) is 9.48 Å². The third kappa shape index (κ3) is 7.49. The number of methoxy groups -OCH3 is 1. The van der Waals surface area contributed by atoms with E-state index in [1.165, 1.54) is 11.8 Å². The SMILES string of the molecule is COCOc1ccc(CCCOc2nn(C)cc2CC(=O)O)c(Oc2ncc(C(F)(F)F)cc2Cl)c1. The standard InChI is InChI=1S/C23H23ClF3N3O6/c1-30-12-15(8-20(31)32)21(29-30)34-7-3-4-14-5-6-17(35-13-33-2)10-19(14)36-22-18(24)9-16(11-28-22)23(25,26)27/h5-6,9-12H,3-4,7-8,13H2,1-2H3,(H,31,32). The average Bonchev–Trinajstić information content (AvgIpc) is 3.14. The van der Waals surface area contributed by atoms with E-state index in [1.807, 2.05) is 0 Å². The number of aryl methyl sites for hydroxylation is 2. The molecule has 36 heavy (non-hydrogen) atoms. The lowest BCUT2D eigenvalue weighted by Gasteiger charge is -2.15. The van der Waals surface area contributed by atoms with Gasteiger partial charge in [0, 0.05) is 38.2 Å². The third-order valence-electron chi connectivity index (χ3n) is 4.76. The Labute approximate surface area is 209 Å². The molecule has 9 nitrogen and oxygen atoms in total. The molecule has 13 heteroatoms. The normalized spacial score (nSPS) is 11.4. The number of pyridine rings is 1. The van der Waals surface area contributed by atoms with E-state index < -0.39 is 17.7 Å². The molecule has 1 N–H and O–H groups in total. The van der Waals surface area contributed by atoms with Gasteiger partial charge in [0.2, 0.25) is 11.8 Å². The van der Waals surface area contributed by atoms with Crippen molar-refractivity contribution in [3.05, 3.63) is 58.4 Å². The van der Waals surface area contributed by atoms with E-state index in [0.29, 0.717) is 35.9 Å². The third-order valence-corrected chi connectivity index (χ3v) is 5.03. The van der Waals surface area contributed by atoms with Crippen LogP contribution in [0.3, 0.4) is 0 Å². The Hall–Kier alpha value is -3.51. The van der Waals surface area contributed by atoms with Crippen molar-refractivity contribution in [2.75, 3.05) is 20.5 Å². The molecule has 0 aliphatic heterocycles. The topological polar surface area (TPSA) is 105 Å². The molecule has 0 fully saturated rings. The second kappa shape index (κ2) is 12.0. The zero-order valence-electron chi connectivity index (χ0n) is 19.3. The Balaban J connectivity index is 1.73. The number of carboxylic acids is 1. The molecule has 0 bridgehead atoms. The Bertz CT molecular complexity index is 1200. The van der Waals surface area contributed by atoms with E-state index in [0.717, 1.165) is 6.07 Å². The van der Waals surface area contributed by atoms with Crippen LogP contribution in [0.5, 0.6) is 23.3 Å². The quantitative estimate of drug-likeness (QED) is 0.261. The molecule has 2 aromatic heterocycles. The molecule has 0 spiro atoms. The summed E-state index contributed by atoms with van der Waals surface area (Å²) < 4.78 is 62.0. The Morgan fingerprint density at radius 2 is 1.94 bits per heavy atom. The van der Waals surface area contributed by atoms with E-state index in [-0.39, 0.29) is 42.4 Å². The molecule has 1 aromatic carbocycles. The number of aliphatic carboxylic acids is 1. The van der Waals surface area contributed by atoms with Crippen molar-refractivity contribution >= 4 is 17.6 Å². The highest BCUT2D eigenvalue weighted by atomic mass is 35.5. The molecule has 3 rings (SSSR count). The number of nitrogens with zero attached hydrogens (tertiary/aromatic N) is 3. The summed E-state index contributed by atoms with van der Waals surface area (Å²) in [6.45, 7) is 0.207. The molecular formula is C23H23ClF3N3O6. The van der Waals surface area contributed by atoms with Crippen LogP contribution >= 0.6 is 11.6 Å². The van der Waals surface area contributed by atoms with Gasteiger partial charge >= 0.3 is 12.1 Å². The van der Waals surface area contributed by atoms with Crippen LogP contribution in [0.2, 0.25) is 5.02 Å². The van der Waals surface area contributed by atoms with Gasteiger partial charge in [-0.2, -0.15) is 13.2 Å². The molecule has 2 heterocycles. The maximum absolute atomic E-state index is 12.9. The van der Waals surface area contributed by atoms with E-state index >= 15 is 0 Å². The minimum absolute atomic E-state index is 0.0192. The van der Waals surface area contributed by atoms with Gasteiger partial charge in [0.15, 0.2) is 6.79 Å². The Morgan fingerprint density at radius 3 is 2.61 bits per heavy atom. The maximum Gasteiger partial charge on any atom is 0.417 e. The first-order valence-electron chi connectivity index (χ1n) is 10.6. The molecule has 0 atom stereocenters. The van der Waals surface area contributed by atoms with Gasteiger partial charge < -0.3 is 24.1 Å². The minimum Gasteiger partial charge on any atom is -0.481 e. The summed E-state index contributed by atoms with van der Waals surface area (Å²) in [7, 11) is 3.12. The van der Waals surface area contributed by atoms with Crippen LogP contribution in [-0.2, 0) is 35.6 Å². The first-order valence-corrected chi connectivity index (χ1v) is 11.0. The smallest absolute Gasteiger partial charge is 0.417 e. The molecule has 0 amide bonds. The molecule has 0 aliphatic rings. The van der Waals surface area contributed by atoms with Crippen LogP contribution in [0, 0.1) is 0 Å². The van der Waals surface area contributed by atoms with Crippen molar-refractivity contribution in [3.63, 3.8) is 0 Å². The molecule has 0 aliphatic carbocycles. The summed E-state index contributed by atoms with van der Waals surface area (Å²) in [5.74, 6) is -0.275. The van der Waals surface area contributed by atoms with Crippen LogP contribution in [0.4, 0.5) is 13.2 Å². The fraction of sp³-hybridized carbons (Fsp3) is 0.348. The van der Waals surface area contributed by atoms with Crippen LogP contribution in [-0.4, -0.2) is 46.3 Å². The number of hydrogen-bond acceptors (Lipinski definition) is 7. The number of hydrogen-bond donors (Lipinski definition) is 1. The molecule has 0 radical (unpaired) electrons. The van der Waals surface area contributed by atoms with Gasteiger partial charge in [-0.15, -0.1) is 5.10 Å². The lowest BCUT2D eigenvalue weighted by molar-refractivity contribution is -0.138. The number of halogens is 4. The van der Waals surface area contributed by atoms with Gasteiger partial charge in [-0.05, 0) is 30.5 Å². The van der Waals surface area contributed by atoms with Crippen LogP contribution in [0.25, 0.3) is 0 Å². The summed E-state index contributed by atoms with van der Waals surface area (Å²) in [4.78, 5) is 14.7. The average molecular weight is 530 g/mol. The van der Waals surface area contributed by atoms with E-state index in [9.17, 15) is 18.0 Å². The first-order chi connectivity index (χ1) is 17.1. The number of carbonyl (C=O) groups is 1. The summed E-state index contributed by atoms with van der Waals surface area (Å²) in [5, 5.41) is 12.9. The molecule has 194 valence electrons. The van der Waals surface area contributed by atoms with Crippen LogP contribution in [0.1, 0.15) is 23.1 Å². The Kier molecular flexibility index (Phi) is 8.99. The molecule has 0 unspecified atom stereocenters. The summed E-state index contributed by atoms with van der Waals surface area (Å²) in [6, 6.07) is 5.71. The Morgan fingerprint density at radius 1 is 1.17 bits per heavy atom. The lowest BCUT2D eigenvalue weighted by atomic mass is 10.1. The van der Waals surface area contributed by atoms with Gasteiger partial charge in [0.1, 0.15) is 16.5 Å². The molecule has 3 aromatic rings. The number of rotatable bonds is 12. The van der Waals surface area contributed by atoms with Crippen LogP contribution in [0.15, 0.2) is 36.7 Å². The maximum atomic E-state index is 12.9. The molecule has 0 saturated carbocycles. The van der Waals surface area contributed by atoms with E-state index in [4.69, 9.17) is 35.7 Å². The molecular weight excluding hydrogens is 507 g/mol. The number of ether oxygens (including phenoxy) is 4. The second-order valence-corrected chi connectivity index (χ2v) is 7.99. The predicted molar refractivity (Wildman–Crippen MR) is 122 cm³/mol. The van der Waals surface area contributed by atoms with Crippen molar-refractivity contribution in [2.45, 2.75) is 25.4 Å². The zero-order chi connectivity index (χ0) is 26.3. The fourth-order valence-corrected chi connectivity index (χ4v) is 3.37. The summed E-state index contributed by atoms with van der Waals surface area (Å²) in [5.41, 5.74) is 0.149. The highest BCUT2D eigenvalue weighted by Gasteiger charge is 2.32. The highest BCUT2D eigenvalue weighted by Crippen LogP contribution is 2.36. The van der Waals surface area contributed by atoms with Crippen molar-refractivity contribution in [3.8, 4) is 23.3 Å². The predicted octanol–water partition coefficient (Wildman–Crippen LogP) is 4.90. The van der Waals surface area contributed by atoms with Crippen molar-refractivity contribution in [2.24, 2.45) is 7.05 Å². The van der Waals surface area contributed by atoms with Gasteiger partial charge in [-0.25, -0.2) is 4.98 Å².